The minimum absolute atomic E-state index is 0.250. The van der Waals surface area contributed by atoms with Gasteiger partial charge in [-0.05, 0) is 36.4 Å². The maximum absolute atomic E-state index is 12.2. The van der Waals surface area contributed by atoms with Gasteiger partial charge in [-0.1, -0.05) is 17.7 Å². The largest absolute Gasteiger partial charge is 0.354 e. The Morgan fingerprint density at radius 2 is 1.83 bits per heavy atom. The first-order valence-corrected chi connectivity index (χ1v) is 7.37. The molecular weight excluding hydrogens is 312 g/mol. The smallest absolute Gasteiger partial charge is 0.273 e. The van der Waals surface area contributed by atoms with Crippen LogP contribution < -0.4 is 5.56 Å². The Kier molecular flexibility index (Phi) is 3.20. The maximum Gasteiger partial charge on any atom is 0.273 e. The highest BCUT2D eigenvalue weighted by Crippen LogP contribution is 2.26. The van der Waals surface area contributed by atoms with E-state index in [-0.39, 0.29) is 5.56 Å². The number of nitrogens with zero attached hydrogens (tertiary/aromatic N) is 2. The van der Waals surface area contributed by atoms with Gasteiger partial charge in [0.15, 0.2) is 0 Å². The van der Waals surface area contributed by atoms with Crippen molar-refractivity contribution in [3.63, 3.8) is 0 Å². The van der Waals surface area contributed by atoms with Gasteiger partial charge in [0.25, 0.3) is 5.56 Å². The first kappa shape index (κ1) is 13.7. The highest BCUT2D eigenvalue weighted by Gasteiger charge is 2.10. The van der Waals surface area contributed by atoms with Crippen LogP contribution in [0.1, 0.15) is 0 Å². The van der Waals surface area contributed by atoms with Crippen molar-refractivity contribution < 1.29 is 0 Å². The Morgan fingerprint density at radius 1 is 1.00 bits per heavy atom. The monoisotopic (exact) mass is 322 g/mol. The summed E-state index contributed by atoms with van der Waals surface area (Å²) in [4.78, 5) is 19.4. The topological polar surface area (TPSA) is 74.4 Å². The molecule has 0 fully saturated rings. The second-order valence-corrected chi connectivity index (χ2v) is 5.58. The van der Waals surface area contributed by atoms with Gasteiger partial charge < -0.3 is 4.98 Å². The molecule has 4 aromatic rings. The van der Waals surface area contributed by atoms with E-state index < -0.39 is 0 Å². The highest BCUT2D eigenvalue weighted by molar-refractivity contribution is 6.31. The fraction of sp³-hybridized carbons (Fsp3) is 0. The van der Waals surface area contributed by atoms with Gasteiger partial charge in [0.2, 0.25) is 0 Å². The molecule has 0 aliphatic heterocycles. The predicted octanol–water partition coefficient (Wildman–Crippen LogP) is 3.63. The van der Waals surface area contributed by atoms with E-state index in [0.717, 1.165) is 22.2 Å². The van der Waals surface area contributed by atoms with Crippen molar-refractivity contribution >= 4 is 22.5 Å². The van der Waals surface area contributed by atoms with Crippen molar-refractivity contribution in [1.82, 2.24) is 20.2 Å². The number of hydrogen-bond acceptors (Lipinski definition) is 3. The van der Waals surface area contributed by atoms with Crippen molar-refractivity contribution in [3.8, 4) is 22.5 Å². The molecule has 3 aromatic heterocycles. The molecule has 0 aliphatic rings. The van der Waals surface area contributed by atoms with Gasteiger partial charge in [0, 0.05) is 33.9 Å². The lowest BCUT2D eigenvalue weighted by atomic mass is 10.1. The molecular formula is C17H11ClN4O. The number of hydrogen-bond donors (Lipinski definition) is 2. The summed E-state index contributed by atoms with van der Waals surface area (Å²) in [6.07, 6.45) is 3.37. The molecule has 0 amide bonds. The third-order valence-corrected chi connectivity index (χ3v) is 3.89. The Labute approximate surface area is 136 Å². The maximum atomic E-state index is 12.2. The lowest BCUT2D eigenvalue weighted by molar-refractivity contribution is 0.996. The van der Waals surface area contributed by atoms with E-state index in [2.05, 4.69) is 20.2 Å². The molecule has 0 spiro atoms. The number of nitrogens with one attached hydrogen (secondary N) is 2. The lowest BCUT2D eigenvalue weighted by Crippen LogP contribution is -2.11. The molecule has 6 heteroatoms. The van der Waals surface area contributed by atoms with E-state index in [4.69, 9.17) is 11.6 Å². The van der Waals surface area contributed by atoms with Gasteiger partial charge in [0.05, 0.1) is 17.0 Å². The van der Waals surface area contributed by atoms with E-state index in [1.807, 2.05) is 36.4 Å². The minimum atomic E-state index is -0.250. The standard InChI is InChI=1S/C17H11ClN4O/c18-12-2-1-11-7-16(20-14(11)8-12)13-9-15(21-22-17(13)23)10-3-5-19-6-4-10/h1-9,20H,(H,22,23). The lowest BCUT2D eigenvalue weighted by Gasteiger charge is -2.02. The molecule has 0 saturated heterocycles. The third-order valence-electron chi connectivity index (χ3n) is 3.65. The van der Waals surface area contributed by atoms with Crippen molar-refractivity contribution in [1.29, 1.82) is 0 Å². The molecule has 5 nitrogen and oxygen atoms in total. The molecule has 0 atom stereocenters. The van der Waals surface area contributed by atoms with Gasteiger partial charge in [-0.25, -0.2) is 5.10 Å². The number of H-pyrrole nitrogens is 2. The molecule has 0 radical (unpaired) electrons. The summed E-state index contributed by atoms with van der Waals surface area (Å²) in [7, 11) is 0. The third kappa shape index (κ3) is 2.51. The van der Waals surface area contributed by atoms with Gasteiger partial charge in [-0.2, -0.15) is 5.10 Å². The fourth-order valence-corrected chi connectivity index (χ4v) is 2.69. The molecule has 0 saturated carbocycles. The zero-order valence-electron chi connectivity index (χ0n) is 11.9. The van der Waals surface area contributed by atoms with Crippen LogP contribution >= 0.6 is 11.6 Å². The van der Waals surface area contributed by atoms with Crippen molar-refractivity contribution in [2.45, 2.75) is 0 Å². The molecule has 0 aliphatic carbocycles. The zero-order chi connectivity index (χ0) is 15.8. The summed E-state index contributed by atoms with van der Waals surface area (Å²) in [5.41, 5.74) is 3.45. The van der Waals surface area contributed by atoms with Crippen LogP contribution in [0.5, 0.6) is 0 Å². The molecule has 112 valence electrons. The van der Waals surface area contributed by atoms with E-state index in [9.17, 15) is 4.79 Å². The Balaban J connectivity index is 1.88. The van der Waals surface area contributed by atoms with Gasteiger partial charge in [0.1, 0.15) is 0 Å². The van der Waals surface area contributed by atoms with Gasteiger partial charge in [-0.15, -0.1) is 0 Å². The van der Waals surface area contributed by atoms with Crippen molar-refractivity contribution in [3.05, 3.63) is 70.2 Å². The molecule has 1 aromatic carbocycles. The van der Waals surface area contributed by atoms with Crippen LogP contribution in [-0.2, 0) is 0 Å². The highest BCUT2D eigenvalue weighted by atomic mass is 35.5. The molecule has 0 bridgehead atoms. The van der Waals surface area contributed by atoms with Gasteiger partial charge in [-0.3, -0.25) is 9.78 Å². The quantitative estimate of drug-likeness (QED) is 0.591. The number of aromatic nitrogens is 4. The van der Waals surface area contributed by atoms with Crippen LogP contribution in [0.25, 0.3) is 33.4 Å². The van der Waals surface area contributed by atoms with Gasteiger partial charge >= 0.3 is 0 Å². The second-order valence-electron chi connectivity index (χ2n) is 5.15. The normalized spacial score (nSPS) is 11.0. The fourth-order valence-electron chi connectivity index (χ4n) is 2.52. The average molecular weight is 323 g/mol. The summed E-state index contributed by atoms with van der Waals surface area (Å²) < 4.78 is 0. The first-order chi connectivity index (χ1) is 11.2. The Hall–Kier alpha value is -2.92. The summed E-state index contributed by atoms with van der Waals surface area (Å²) in [5.74, 6) is 0. The predicted molar refractivity (Wildman–Crippen MR) is 90.4 cm³/mol. The number of fused-ring (bicyclic) bond motifs is 1. The first-order valence-electron chi connectivity index (χ1n) is 6.99. The van der Waals surface area contributed by atoms with Crippen LogP contribution in [0.4, 0.5) is 0 Å². The van der Waals surface area contributed by atoms with Crippen LogP contribution in [0.2, 0.25) is 5.02 Å². The molecule has 0 unspecified atom stereocenters. The van der Waals surface area contributed by atoms with Crippen molar-refractivity contribution in [2.75, 3.05) is 0 Å². The number of benzene rings is 1. The van der Waals surface area contributed by atoms with Crippen LogP contribution in [-0.4, -0.2) is 20.2 Å². The molecule has 2 N–H and O–H groups in total. The Morgan fingerprint density at radius 3 is 2.65 bits per heavy atom. The molecule has 4 rings (SSSR count). The average Bonchev–Trinajstić information content (AvgIpc) is 2.99. The summed E-state index contributed by atoms with van der Waals surface area (Å²) in [5, 5.41) is 8.29. The number of aromatic amines is 2. The minimum Gasteiger partial charge on any atom is -0.354 e. The summed E-state index contributed by atoms with van der Waals surface area (Å²) in [6.45, 7) is 0. The summed E-state index contributed by atoms with van der Waals surface area (Å²) >= 11 is 6.01. The van der Waals surface area contributed by atoms with Crippen LogP contribution in [0.15, 0.2) is 59.7 Å². The number of rotatable bonds is 2. The SMILES string of the molecule is O=c1[nH]nc(-c2ccncc2)cc1-c1cc2ccc(Cl)cc2[nH]1. The second kappa shape index (κ2) is 5.37. The van der Waals surface area contributed by atoms with Crippen molar-refractivity contribution in [2.24, 2.45) is 0 Å². The number of pyridine rings is 1. The molecule has 3 heterocycles. The van der Waals surface area contributed by atoms with E-state index in [1.54, 1.807) is 18.5 Å². The summed E-state index contributed by atoms with van der Waals surface area (Å²) in [6, 6.07) is 12.9. The van der Waals surface area contributed by atoms with E-state index in [1.165, 1.54) is 0 Å². The van der Waals surface area contributed by atoms with E-state index >= 15 is 0 Å². The zero-order valence-corrected chi connectivity index (χ0v) is 12.6. The number of halogens is 1. The molecule has 23 heavy (non-hydrogen) atoms. The Bertz CT molecular complexity index is 1050. The van der Waals surface area contributed by atoms with E-state index in [0.29, 0.717) is 16.3 Å². The van der Waals surface area contributed by atoms with Crippen LogP contribution in [0.3, 0.4) is 0 Å². The van der Waals surface area contributed by atoms with Crippen LogP contribution in [0, 0.1) is 0 Å².